The minimum Gasteiger partial charge on any atom is -0.361 e. The molecule has 0 saturated carbocycles. The maximum atomic E-state index is 13.3. The number of amides is 1. The molecule has 2 aromatic rings. The Bertz CT molecular complexity index is 925. The number of carbonyl (C=O) groups excluding carboxylic acids is 1. The predicted octanol–water partition coefficient (Wildman–Crippen LogP) is 5.10. The summed E-state index contributed by atoms with van der Waals surface area (Å²) in [5.41, 5.74) is 8.01. The molecule has 3 rings (SSSR count). The van der Waals surface area contributed by atoms with Crippen LogP contribution in [-0.4, -0.2) is 34.8 Å². The molecule has 1 heterocycles. The Labute approximate surface area is 176 Å². The van der Waals surface area contributed by atoms with Gasteiger partial charge in [0.2, 0.25) is 5.91 Å². The van der Waals surface area contributed by atoms with Crippen molar-refractivity contribution in [2.75, 3.05) is 13.6 Å². The number of benzene rings is 2. The summed E-state index contributed by atoms with van der Waals surface area (Å²) in [5.74, 6) is 0.172. The zero-order chi connectivity index (χ0) is 21.3. The summed E-state index contributed by atoms with van der Waals surface area (Å²) in [6.07, 6.45) is 1.65. The van der Waals surface area contributed by atoms with Crippen molar-refractivity contribution in [3.63, 3.8) is 0 Å². The molecule has 3 heteroatoms. The zero-order valence-corrected chi connectivity index (χ0v) is 18.8. The first-order valence-electron chi connectivity index (χ1n) is 10.4. The lowest BCUT2D eigenvalue weighted by atomic mass is 9.83. The fraction of sp³-hybridized carbons (Fsp3) is 0.423. The van der Waals surface area contributed by atoms with Crippen molar-refractivity contribution >= 4 is 5.91 Å². The second-order valence-electron chi connectivity index (χ2n) is 9.01. The fourth-order valence-electron chi connectivity index (χ4n) is 4.55. The monoisotopic (exact) mass is 390 g/mol. The van der Waals surface area contributed by atoms with Crippen molar-refractivity contribution in [2.45, 2.75) is 59.5 Å². The van der Waals surface area contributed by atoms with Gasteiger partial charge in [0.25, 0.3) is 0 Å². The van der Waals surface area contributed by atoms with E-state index in [2.05, 4.69) is 82.5 Å². The molecule has 2 aromatic carbocycles. The first kappa shape index (κ1) is 21.2. The first-order chi connectivity index (χ1) is 13.6. The van der Waals surface area contributed by atoms with Gasteiger partial charge in [0, 0.05) is 32.3 Å². The van der Waals surface area contributed by atoms with Crippen LogP contribution in [0.5, 0.6) is 0 Å². The average molecular weight is 391 g/mol. The Kier molecular flexibility index (Phi) is 5.88. The molecule has 1 saturated heterocycles. The highest BCUT2D eigenvalue weighted by atomic mass is 16.2. The summed E-state index contributed by atoms with van der Waals surface area (Å²) < 4.78 is 0. The molecular formula is C26H34N2O. The van der Waals surface area contributed by atoms with Crippen LogP contribution < -0.4 is 0 Å². The minimum absolute atomic E-state index is 0.172. The Balaban J connectivity index is 1.70. The summed E-state index contributed by atoms with van der Waals surface area (Å²) in [6, 6.07) is 13.0. The number of nitrogens with zero attached hydrogens (tertiary/aromatic N) is 2. The van der Waals surface area contributed by atoms with Gasteiger partial charge >= 0.3 is 0 Å². The van der Waals surface area contributed by atoms with Crippen LogP contribution in [0.15, 0.2) is 48.7 Å². The number of hydrogen-bond acceptors (Lipinski definition) is 2. The molecule has 29 heavy (non-hydrogen) atoms. The number of hydrogen-bond donors (Lipinski definition) is 0. The van der Waals surface area contributed by atoms with E-state index in [-0.39, 0.29) is 5.91 Å². The van der Waals surface area contributed by atoms with Crippen LogP contribution in [0.3, 0.4) is 0 Å². The molecular weight excluding hydrogens is 356 g/mol. The van der Waals surface area contributed by atoms with E-state index in [1.54, 1.807) is 0 Å². The highest BCUT2D eigenvalue weighted by Crippen LogP contribution is 2.36. The lowest BCUT2D eigenvalue weighted by Gasteiger charge is -2.53. The maximum Gasteiger partial charge on any atom is 0.248 e. The molecule has 154 valence electrons. The molecule has 0 spiro atoms. The molecule has 1 unspecified atom stereocenters. The van der Waals surface area contributed by atoms with Crippen LogP contribution in [0.4, 0.5) is 0 Å². The third-order valence-corrected chi connectivity index (χ3v) is 6.20. The van der Waals surface area contributed by atoms with Crippen molar-refractivity contribution in [2.24, 2.45) is 0 Å². The topological polar surface area (TPSA) is 23.6 Å². The minimum atomic E-state index is -0.497. The van der Waals surface area contributed by atoms with Crippen molar-refractivity contribution < 1.29 is 4.79 Å². The van der Waals surface area contributed by atoms with Gasteiger partial charge in [-0.05, 0) is 57.7 Å². The SMILES string of the molecule is C=C(Cc1cc(C)cc(C)c1)N1CCC1(C)C(=O)N(C)Cc1ccc(C)cc1C. The molecule has 1 amide bonds. The van der Waals surface area contributed by atoms with Crippen molar-refractivity contribution in [3.8, 4) is 0 Å². The molecule has 0 N–H and O–H groups in total. The Morgan fingerprint density at radius 2 is 1.72 bits per heavy atom. The molecule has 1 aliphatic heterocycles. The highest BCUT2D eigenvalue weighted by Gasteiger charge is 2.48. The second-order valence-corrected chi connectivity index (χ2v) is 9.01. The molecule has 0 aromatic heterocycles. The van der Waals surface area contributed by atoms with Crippen LogP contribution in [-0.2, 0) is 17.8 Å². The van der Waals surface area contributed by atoms with Gasteiger partial charge in [0.15, 0.2) is 0 Å². The Hall–Kier alpha value is -2.55. The molecule has 0 bridgehead atoms. The fourth-order valence-corrected chi connectivity index (χ4v) is 4.55. The third-order valence-electron chi connectivity index (χ3n) is 6.20. The van der Waals surface area contributed by atoms with Crippen molar-refractivity contribution in [1.82, 2.24) is 9.80 Å². The normalized spacial score (nSPS) is 18.3. The largest absolute Gasteiger partial charge is 0.361 e. The van der Waals surface area contributed by atoms with Gasteiger partial charge in [-0.1, -0.05) is 59.7 Å². The zero-order valence-electron chi connectivity index (χ0n) is 18.8. The molecule has 3 nitrogen and oxygen atoms in total. The molecule has 0 radical (unpaired) electrons. The van der Waals surface area contributed by atoms with E-state index in [1.165, 1.54) is 33.4 Å². The predicted molar refractivity (Wildman–Crippen MR) is 121 cm³/mol. The second kappa shape index (κ2) is 8.06. The van der Waals surface area contributed by atoms with Crippen LogP contribution >= 0.6 is 0 Å². The number of rotatable bonds is 6. The Morgan fingerprint density at radius 3 is 2.28 bits per heavy atom. The lowest BCUT2D eigenvalue weighted by molar-refractivity contribution is -0.149. The van der Waals surface area contributed by atoms with Crippen LogP contribution in [0, 0.1) is 27.7 Å². The van der Waals surface area contributed by atoms with Gasteiger partial charge < -0.3 is 9.80 Å². The quantitative estimate of drug-likeness (QED) is 0.685. The van der Waals surface area contributed by atoms with Gasteiger partial charge in [-0.3, -0.25) is 4.79 Å². The van der Waals surface area contributed by atoms with E-state index < -0.39 is 5.54 Å². The van der Waals surface area contributed by atoms with Gasteiger partial charge in [0.1, 0.15) is 5.54 Å². The van der Waals surface area contributed by atoms with Gasteiger partial charge in [0.05, 0.1) is 0 Å². The summed E-state index contributed by atoms with van der Waals surface area (Å²) in [6.45, 7) is 16.4. The van der Waals surface area contributed by atoms with Crippen LogP contribution in [0.1, 0.15) is 46.7 Å². The van der Waals surface area contributed by atoms with Crippen molar-refractivity contribution in [3.05, 3.63) is 82.1 Å². The summed E-state index contributed by atoms with van der Waals surface area (Å²) in [4.78, 5) is 17.4. The van der Waals surface area contributed by atoms with E-state index in [1.807, 2.05) is 11.9 Å². The molecule has 1 fully saturated rings. The van der Waals surface area contributed by atoms with E-state index in [0.29, 0.717) is 6.54 Å². The summed E-state index contributed by atoms with van der Waals surface area (Å²) in [5, 5.41) is 0. The van der Waals surface area contributed by atoms with Gasteiger partial charge in [-0.25, -0.2) is 0 Å². The average Bonchev–Trinajstić information content (AvgIpc) is 2.60. The van der Waals surface area contributed by atoms with Gasteiger partial charge in [-0.2, -0.15) is 0 Å². The number of carbonyl (C=O) groups is 1. The maximum absolute atomic E-state index is 13.3. The smallest absolute Gasteiger partial charge is 0.248 e. The third kappa shape index (κ3) is 4.39. The summed E-state index contributed by atoms with van der Waals surface area (Å²) >= 11 is 0. The standard InChI is InChI=1S/C26H34N2O/c1-18-8-9-24(21(4)13-18)17-27(7)25(29)26(6)10-11-28(26)22(5)16-23-14-19(2)12-20(3)15-23/h8-9,12-15H,5,10-11,16-17H2,1-4,6-7H3. The Morgan fingerprint density at radius 1 is 1.07 bits per heavy atom. The first-order valence-corrected chi connectivity index (χ1v) is 10.4. The lowest BCUT2D eigenvalue weighted by Crippen LogP contribution is -2.65. The van der Waals surface area contributed by atoms with Crippen LogP contribution in [0.2, 0.25) is 0 Å². The van der Waals surface area contributed by atoms with E-state index in [4.69, 9.17) is 0 Å². The number of allylic oxidation sites excluding steroid dienone is 1. The van der Waals surface area contributed by atoms with E-state index in [0.717, 1.165) is 25.1 Å². The number of aryl methyl sites for hydroxylation is 4. The molecule has 1 atom stereocenters. The molecule has 1 aliphatic rings. The number of likely N-dealkylation sites (tertiary alicyclic amines) is 1. The summed E-state index contributed by atoms with van der Waals surface area (Å²) in [7, 11) is 1.91. The molecule has 0 aliphatic carbocycles. The van der Waals surface area contributed by atoms with E-state index in [9.17, 15) is 4.79 Å². The van der Waals surface area contributed by atoms with Crippen molar-refractivity contribution in [1.29, 1.82) is 0 Å². The van der Waals surface area contributed by atoms with E-state index >= 15 is 0 Å². The van der Waals surface area contributed by atoms with Crippen LogP contribution in [0.25, 0.3) is 0 Å². The number of likely N-dealkylation sites (N-methyl/N-ethyl adjacent to an activating group) is 1. The highest BCUT2D eigenvalue weighted by molar-refractivity contribution is 5.87. The van der Waals surface area contributed by atoms with Gasteiger partial charge in [-0.15, -0.1) is 0 Å².